The molecule has 2 aromatic rings. The normalized spacial score (nSPS) is 9.86. The summed E-state index contributed by atoms with van der Waals surface area (Å²) in [5.74, 6) is 7.18. The topological polar surface area (TPSA) is 42.4 Å². The maximum atomic E-state index is 8.84. The molecule has 0 spiro atoms. The summed E-state index contributed by atoms with van der Waals surface area (Å²) in [5, 5.41) is 9.78. The summed E-state index contributed by atoms with van der Waals surface area (Å²) in [5.41, 5.74) is 1.96. The molecular formula is C16H14BrNO2S. The number of ether oxygens (including phenoxy) is 1. The lowest BCUT2D eigenvalue weighted by Gasteiger charge is -2.07. The number of rotatable bonds is 4. The molecule has 0 fully saturated rings. The third-order valence-corrected chi connectivity index (χ3v) is 4.15. The van der Waals surface area contributed by atoms with Crippen molar-refractivity contribution < 1.29 is 9.84 Å². The van der Waals surface area contributed by atoms with Gasteiger partial charge >= 0.3 is 0 Å². The van der Waals surface area contributed by atoms with Crippen LogP contribution in [0.1, 0.15) is 11.1 Å². The summed E-state index contributed by atoms with van der Waals surface area (Å²) < 4.78 is 6.21. The maximum Gasteiger partial charge on any atom is 0.119 e. The molecule has 1 aromatic heterocycles. The van der Waals surface area contributed by atoms with Crippen LogP contribution in [-0.2, 0) is 5.75 Å². The van der Waals surface area contributed by atoms with Gasteiger partial charge in [-0.05, 0) is 51.8 Å². The van der Waals surface area contributed by atoms with Gasteiger partial charge in [0.25, 0.3) is 0 Å². The molecule has 0 unspecified atom stereocenters. The molecule has 1 N–H and O–H groups in total. The van der Waals surface area contributed by atoms with E-state index in [0.717, 1.165) is 32.1 Å². The molecule has 5 heteroatoms. The van der Waals surface area contributed by atoms with Gasteiger partial charge in [-0.2, -0.15) is 0 Å². The van der Waals surface area contributed by atoms with Gasteiger partial charge in [-0.1, -0.05) is 11.8 Å². The van der Waals surface area contributed by atoms with Crippen molar-refractivity contribution in [1.82, 2.24) is 4.98 Å². The minimum atomic E-state index is -0.146. The number of aliphatic hydroxyl groups is 1. The van der Waals surface area contributed by atoms with Crippen LogP contribution >= 0.6 is 27.7 Å². The second-order valence-electron chi connectivity index (χ2n) is 4.09. The van der Waals surface area contributed by atoms with E-state index in [9.17, 15) is 0 Å². The van der Waals surface area contributed by atoms with Crippen LogP contribution in [0, 0.1) is 11.8 Å². The van der Waals surface area contributed by atoms with Crippen LogP contribution in [0.15, 0.2) is 46.0 Å². The number of aromatic nitrogens is 1. The van der Waals surface area contributed by atoms with Crippen molar-refractivity contribution in [3.63, 3.8) is 0 Å². The zero-order chi connectivity index (χ0) is 15.1. The van der Waals surface area contributed by atoms with Gasteiger partial charge in [-0.25, -0.2) is 4.98 Å². The number of hydrogen-bond acceptors (Lipinski definition) is 4. The first-order valence-corrected chi connectivity index (χ1v) is 8.02. The molecule has 1 heterocycles. The third kappa shape index (κ3) is 4.78. The number of hydrogen-bond donors (Lipinski definition) is 1. The molecule has 0 atom stereocenters. The van der Waals surface area contributed by atoms with Crippen LogP contribution in [0.25, 0.3) is 0 Å². The predicted molar refractivity (Wildman–Crippen MR) is 88.5 cm³/mol. The number of methoxy groups -OCH3 is 1. The summed E-state index contributed by atoms with van der Waals surface area (Å²) in [4.78, 5) is 4.34. The third-order valence-electron chi connectivity index (χ3n) is 2.69. The molecule has 0 aliphatic carbocycles. The second kappa shape index (κ2) is 8.08. The average molecular weight is 364 g/mol. The van der Waals surface area contributed by atoms with E-state index in [1.165, 1.54) is 0 Å². The van der Waals surface area contributed by atoms with Crippen molar-refractivity contribution in [3.8, 4) is 17.6 Å². The number of benzene rings is 1. The van der Waals surface area contributed by atoms with E-state index >= 15 is 0 Å². The molecule has 0 radical (unpaired) electrons. The second-order valence-corrected chi connectivity index (χ2v) is 6.00. The van der Waals surface area contributed by atoms with Crippen molar-refractivity contribution >= 4 is 27.7 Å². The first-order chi connectivity index (χ1) is 10.2. The van der Waals surface area contributed by atoms with Crippen molar-refractivity contribution in [2.45, 2.75) is 10.8 Å². The van der Waals surface area contributed by atoms with Gasteiger partial charge < -0.3 is 9.84 Å². The number of halogens is 1. The molecule has 2 rings (SSSR count). The fourth-order valence-electron chi connectivity index (χ4n) is 1.67. The van der Waals surface area contributed by atoms with Crippen LogP contribution in [0.5, 0.6) is 5.75 Å². The smallest absolute Gasteiger partial charge is 0.119 e. The van der Waals surface area contributed by atoms with Crippen LogP contribution < -0.4 is 4.74 Å². The van der Waals surface area contributed by atoms with Gasteiger partial charge in [-0.15, -0.1) is 11.8 Å². The standard InChI is InChI=1S/C16H14BrNO2S/c1-20-15-6-4-12(3-2-8-19)13(9-15)11-21-16-7-5-14(17)10-18-16/h4-7,9-10,19H,8,11H2,1H3. The van der Waals surface area contributed by atoms with Crippen molar-refractivity contribution in [3.05, 3.63) is 52.1 Å². The van der Waals surface area contributed by atoms with Gasteiger partial charge in [0.05, 0.1) is 12.1 Å². The Morgan fingerprint density at radius 2 is 2.19 bits per heavy atom. The van der Waals surface area contributed by atoms with Crippen molar-refractivity contribution in [2.75, 3.05) is 13.7 Å². The highest BCUT2D eigenvalue weighted by Crippen LogP contribution is 2.26. The minimum absolute atomic E-state index is 0.146. The van der Waals surface area contributed by atoms with Crippen molar-refractivity contribution in [1.29, 1.82) is 0 Å². The fraction of sp³-hybridized carbons (Fsp3) is 0.188. The van der Waals surface area contributed by atoms with E-state index < -0.39 is 0 Å². The lowest BCUT2D eigenvalue weighted by molar-refractivity contribution is 0.350. The molecule has 0 aliphatic rings. The van der Waals surface area contributed by atoms with E-state index in [4.69, 9.17) is 9.84 Å². The van der Waals surface area contributed by atoms with Crippen LogP contribution in [0.4, 0.5) is 0 Å². The maximum absolute atomic E-state index is 8.84. The number of aliphatic hydroxyl groups excluding tert-OH is 1. The van der Waals surface area contributed by atoms with Gasteiger partial charge in [-0.3, -0.25) is 0 Å². The minimum Gasteiger partial charge on any atom is -0.497 e. The Hall–Kier alpha value is -1.48. The van der Waals surface area contributed by atoms with Gasteiger partial charge in [0, 0.05) is 22.0 Å². The molecule has 0 saturated heterocycles. The van der Waals surface area contributed by atoms with E-state index in [-0.39, 0.29) is 6.61 Å². The quantitative estimate of drug-likeness (QED) is 0.666. The Kier molecular flexibility index (Phi) is 6.12. The molecule has 0 saturated carbocycles. The molecule has 3 nitrogen and oxygen atoms in total. The predicted octanol–water partition coefficient (Wildman–Crippen LogP) is 3.49. The Bertz CT molecular complexity index is 662. The Labute approximate surface area is 136 Å². The van der Waals surface area contributed by atoms with Crippen LogP contribution in [0.3, 0.4) is 0 Å². The van der Waals surface area contributed by atoms with E-state index in [1.54, 1.807) is 25.1 Å². The molecule has 0 bridgehead atoms. The molecule has 21 heavy (non-hydrogen) atoms. The highest BCUT2D eigenvalue weighted by atomic mass is 79.9. The van der Waals surface area contributed by atoms with E-state index in [1.807, 2.05) is 30.3 Å². The van der Waals surface area contributed by atoms with Crippen LogP contribution in [0.2, 0.25) is 0 Å². The van der Waals surface area contributed by atoms with Gasteiger partial charge in [0.2, 0.25) is 0 Å². The Morgan fingerprint density at radius 3 is 2.86 bits per heavy atom. The summed E-state index contributed by atoms with van der Waals surface area (Å²) >= 11 is 5.00. The molecule has 1 aromatic carbocycles. The van der Waals surface area contributed by atoms with Gasteiger partial charge in [0.15, 0.2) is 0 Å². The summed E-state index contributed by atoms with van der Waals surface area (Å²) in [6, 6.07) is 9.68. The zero-order valence-electron chi connectivity index (χ0n) is 11.5. The largest absolute Gasteiger partial charge is 0.497 e. The molecular weight excluding hydrogens is 350 g/mol. The highest BCUT2D eigenvalue weighted by molar-refractivity contribution is 9.10. The number of thioether (sulfide) groups is 1. The van der Waals surface area contributed by atoms with E-state index in [2.05, 4.69) is 32.8 Å². The summed E-state index contributed by atoms with van der Waals surface area (Å²) in [7, 11) is 1.64. The monoisotopic (exact) mass is 363 g/mol. The van der Waals surface area contributed by atoms with Crippen LogP contribution in [-0.4, -0.2) is 23.8 Å². The summed E-state index contributed by atoms with van der Waals surface area (Å²) in [6.07, 6.45) is 1.78. The average Bonchev–Trinajstić information content (AvgIpc) is 2.52. The highest BCUT2D eigenvalue weighted by Gasteiger charge is 2.05. The zero-order valence-corrected chi connectivity index (χ0v) is 13.9. The lowest BCUT2D eigenvalue weighted by atomic mass is 10.1. The lowest BCUT2D eigenvalue weighted by Crippen LogP contribution is -1.92. The molecule has 0 aliphatic heterocycles. The molecule has 0 amide bonds. The molecule has 108 valence electrons. The summed E-state index contributed by atoms with van der Waals surface area (Å²) in [6.45, 7) is -0.146. The SMILES string of the molecule is COc1ccc(C#CCO)c(CSc2ccc(Br)cn2)c1. The first kappa shape index (κ1) is 15.9. The Balaban J connectivity index is 2.18. The van der Waals surface area contributed by atoms with Crippen molar-refractivity contribution in [2.24, 2.45) is 0 Å². The number of pyridine rings is 1. The fourth-order valence-corrected chi connectivity index (χ4v) is 2.74. The van der Waals surface area contributed by atoms with E-state index in [0.29, 0.717) is 0 Å². The first-order valence-electron chi connectivity index (χ1n) is 6.24. The Morgan fingerprint density at radius 1 is 1.33 bits per heavy atom. The van der Waals surface area contributed by atoms with Gasteiger partial charge in [0.1, 0.15) is 12.4 Å². The number of nitrogens with zero attached hydrogens (tertiary/aromatic N) is 1.